The molecule has 2 nitrogen and oxygen atoms in total. The fourth-order valence-electron chi connectivity index (χ4n) is 2.75. The fraction of sp³-hybridized carbons (Fsp3) is 0.800. The molecule has 68 valence electrons. The number of hydrogen-bond acceptors (Lipinski definition) is 2. The molecule has 0 aliphatic carbocycles. The molecule has 1 N–H and O–H groups in total. The molecule has 2 atom stereocenters. The second kappa shape index (κ2) is 2.57. The van der Waals surface area contributed by atoms with Gasteiger partial charge in [0.15, 0.2) is 0 Å². The van der Waals surface area contributed by atoms with Crippen molar-refractivity contribution in [2.24, 2.45) is 0 Å². The van der Waals surface area contributed by atoms with Crippen molar-refractivity contribution >= 4 is 0 Å². The van der Waals surface area contributed by atoms with E-state index in [0.29, 0.717) is 12.6 Å². The Morgan fingerprint density at radius 1 is 1.75 bits per heavy atom. The van der Waals surface area contributed by atoms with Gasteiger partial charge in [0.1, 0.15) is 0 Å². The van der Waals surface area contributed by atoms with Crippen LogP contribution in [0.15, 0.2) is 12.2 Å². The molecular formula is C10H17NO. The Labute approximate surface area is 73.9 Å². The van der Waals surface area contributed by atoms with E-state index < -0.39 is 0 Å². The van der Waals surface area contributed by atoms with Crippen molar-refractivity contribution in [2.45, 2.75) is 37.8 Å². The molecule has 2 aliphatic rings. The maximum atomic E-state index is 9.38. The lowest BCUT2D eigenvalue weighted by molar-refractivity contribution is 0.0818. The molecule has 0 saturated carbocycles. The molecule has 2 aliphatic heterocycles. The number of aliphatic hydroxyl groups excluding tert-OH is 1. The smallest absolute Gasteiger partial charge is 0.0618 e. The van der Waals surface area contributed by atoms with Gasteiger partial charge in [0, 0.05) is 18.1 Å². The Morgan fingerprint density at radius 3 is 3.08 bits per heavy atom. The summed E-state index contributed by atoms with van der Waals surface area (Å²) >= 11 is 0. The van der Waals surface area contributed by atoms with Crippen molar-refractivity contribution in [1.29, 1.82) is 0 Å². The van der Waals surface area contributed by atoms with Crippen LogP contribution >= 0.6 is 0 Å². The van der Waals surface area contributed by atoms with Gasteiger partial charge >= 0.3 is 0 Å². The number of aliphatic hydroxyl groups is 1. The zero-order chi connectivity index (χ0) is 8.77. The van der Waals surface area contributed by atoms with Gasteiger partial charge < -0.3 is 5.11 Å². The Morgan fingerprint density at radius 2 is 2.50 bits per heavy atom. The van der Waals surface area contributed by atoms with E-state index in [0.717, 1.165) is 19.4 Å². The highest BCUT2D eigenvalue weighted by atomic mass is 16.3. The minimum Gasteiger partial charge on any atom is -0.394 e. The van der Waals surface area contributed by atoms with E-state index in [1.165, 1.54) is 12.0 Å². The van der Waals surface area contributed by atoms with Crippen molar-refractivity contribution < 1.29 is 5.11 Å². The van der Waals surface area contributed by atoms with Crippen LogP contribution in [-0.4, -0.2) is 34.7 Å². The molecular weight excluding hydrogens is 150 g/mol. The van der Waals surface area contributed by atoms with E-state index in [2.05, 4.69) is 18.4 Å². The molecule has 0 aromatic carbocycles. The standard InChI is InChI=1S/C10H17NO/c1-8-5-10(7-12)4-3-9(2)11(10)6-8/h9,12H,1,3-7H2,2H3/t9-,10?/m1/s1. The van der Waals surface area contributed by atoms with Crippen LogP contribution < -0.4 is 0 Å². The largest absolute Gasteiger partial charge is 0.394 e. The lowest BCUT2D eigenvalue weighted by Gasteiger charge is -2.31. The highest BCUT2D eigenvalue weighted by Gasteiger charge is 2.48. The summed E-state index contributed by atoms with van der Waals surface area (Å²) in [5.74, 6) is 0. The summed E-state index contributed by atoms with van der Waals surface area (Å²) in [6, 6.07) is 0.636. The second-order valence-electron chi connectivity index (χ2n) is 4.32. The van der Waals surface area contributed by atoms with E-state index in [9.17, 15) is 5.11 Å². The van der Waals surface area contributed by atoms with Crippen molar-refractivity contribution in [3.05, 3.63) is 12.2 Å². The van der Waals surface area contributed by atoms with Crippen molar-refractivity contribution in [1.82, 2.24) is 4.90 Å². The average Bonchev–Trinajstić information content (AvgIpc) is 2.51. The molecule has 0 radical (unpaired) electrons. The summed E-state index contributed by atoms with van der Waals surface area (Å²) in [5, 5.41) is 9.38. The third-order valence-electron chi connectivity index (χ3n) is 3.44. The van der Waals surface area contributed by atoms with E-state index in [-0.39, 0.29) is 5.54 Å². The maximum absolute atomic E-state index is 9.38. The van der Waals surface area contributed by atoms with Crippen LogP contribution in [-0.2, 0) is 0 Å². The Kier molecular flexibility index (Phi) is 1.77. The predicted octanol–water partition coefficient (Wildman–Crippen LogP) is 1.16. The van der Waals surface area contributed by atoms with Gasteiger partial charge in [-0.25, -0.2) is 0 Å². The number of rotatable bonds is 1. The Bertz CT molecular complexity index is 214. The summed E-state index contributed by atoms with van der Waals surface area (Å²) in [6.45, 7) is 7.56. The first-order valence-corrected chi connectivity index (χ1v) is 4.72. The first-order valence-electron chi connectivity index (χ1n) is 4.72. The van der Waals surface area contributed by atoms with Gasteiger partial charge in [0.05, 0.1) is 6.61 Å². The molecule has 1 unspecified atom stereocenters. The number of nitrogens with zero attached hydrogens (tertiary/aromatic N) is 1. The molecule has 0 spiro atoms. The van der Waals surface area contributed by atoms with Crippen LogP contribution in [0.5, 0.6) is 0 Å². The van der Waals surface area contributed by atoms with Gasteiger partial charge in [-0.1, -0.05) is 12.2 Å². The highest BCUT2D eigenvalue weighted by molar-refractivity contribution is 5.18. The summed E-state index contributed by atoms with van der Waals surface area (Å²) in [5.41, 5.74) is 1.37. The summed E-state index contributed by atoms with van der Waals surface area (Å²) in [6.07, 6.45) is 3.38. The van der Waals surface area contributed by atoms with Crippen LogP contribution in [0.4, 0.5) is 0 Å². The van der Waals surface area contributed by atoms with E-state index in [1.807, 2.05) is 0 Å². The van der Waals surface area contributed by atoms with Crippen LogP contribution in [0.25, 0.3) is 0 Å². The minimum atomic E-state index is 0.0799. The summed E-state index contributed by atoms with van der Waals surface area (Å²) in [4.78, 5) is 2.43. The quantitative estimate of drug-likeness (QED) is 0.592. The molecule has 2 saturated heterocycles. The molecule has 2 heteroatoms. The zero-order valence-electron chi connectivity index (χ0n) is 7.71. The lowest BCUT2D eigenvalue weighted by atomic mass is 9.94. The van der Waals surface area contributed by atoms with Crippen LogP contribution in [0.1, 0.15) is 26.2 Å². The first-order chi connectivity index (χ1) is 5.68. The zero-order valence-corrected chi connectivity index (χ0v) is 7.71. The second-order valence-corrected chi connectivity index (χ2v) is 4.32. The molecule has 2 rings (SSSR count). The third kappa shape index (κ3) is 0.947. The summed E-state index contributed by atoms with van der Waals surface area (Å²) in [7, 11) is 0. The van der Waals surface area contributed by atoms with Gasteiger partial charge in [-0.15, -0.1) is 0 Å². The van der Waals surface area contributed by atoms with Gasteiger partial charge in [-0.05, 0) is 26.2 Å². The maximum Gasteiger partial charge on any atom is 0.0618 e. The van der Waals surface area contributed by atoms with Crippen molar-refractivity contribution in [3.63, 3.8) is 0 Å². The first kappa shape index (κ1) is 8.27. The van der Waals surface area contributed by atoms with Crippen molar-refractivity contribution in [3.8, 4) is 0 Å². The fourth-order valence-corrected chi connectivity index (χ4v) is 2.75. The van der Waals surface area contributed by atoms with E-state index >= 15 is 0 Å². The third-order valence-corrected chi connectivity index (χ3v) is 3.44. The molecule has 12 heavy (non-hydrogen) atoms. The van der Waals surface area contributed by atoms with Gasteiger partial charge in [-0.3, -0.25) is 4.90 Å². The Balaban J connectivity index is 2.25. The Hall–Kier alpha value is -0.340. The molecule has 0 aromatic heterocycles. The predicted molar refractivity (Wildman–Crippen MR) is 49.0 cm³/mol. The van der Waals surface area contributed by atoms with Crippen LogP contribution in [0.2, 0.25) is 0 Å². The summed E-state index contributed by atoms with van der Waals surface area (Å²) < 4.78 is 0. The van der Waals surface area contributed by atoms with Gasteiger partial charge in [0.25, 0.3) is 0 Å². The molecule has 0 aromatic rings. The van der Waals surface area contributed by atoms with Crippen molar-refractivity contribution in [2.75, 3.05) is 13.2 Å². The van der Waals surface area contributed by atoms with Crippen LogP contribution in [0.3, 0.4) is 0 Å². The average molecular weight is 167 g/mol. The highest BCUT2D eigenvalue weighted by Crippen LogP contribution is 2.43. The minimum absolute atomic E-state index is 0.0799. The monoisotopic (exact) mass is 167 g/mol. The normalized spacial score (nSPS) is 42.2. The molecule has 2 fully saturated rings. The molecule has 2 heterocycles. The van der Waals surface area contributed by atoms with E-state index in [4.69, 9.17) is 0 Å². The van der Waals surface area contributed by atoms with Crippen LogP contribution in [0, 0.1) is 0 Å². The van der Waals surface area contributed by atoms with Gasteiger partial charge in [0.2, 0.25) is 0 Å². The van der Waals surface area contributed by atoms with Gasteiger partial charge in [-0.2, -0.15) is 0 Å². The lowest BCUT2D eigenvalue weighted by Crippen LogP contribution is -2.44. The number of fused-ring (bicyclic) bond motifs is 1. The van der Waals surface area contributed by atoms with E-state index in [1.54, 1.807) is 0 Å². The molecule has 0 amide bonds. The SMILES string of the molecule is C=C1CN2[C@H](C)CCC2(CO)C1. The topological polar surface area (TPSA) is 23.5 Å². The number of hydrogen-bond donors (Lipinski definition) is 1. The molecule has 0 bridgehead atoms.